The number of hydrogen-bond donors (Lipinski definition) is 3. The second kappa shape index (κ2) is 5.79. The predicted octanol–water partition coefficient (Wildman–Crippen LogP) is 1.41. The van der Waals surface area contributed by atoms with Crippen LogP contribution < -0.4 is 5.32 Å². The molecule has 0 aliphatic carbocycles. The van der Waals surface area contributed by atoms with Crippen molar-refractivity contribution in [3.63, 3.8) is 0 Å². The third-order valence-corrected chi connectivity index (χ3v) is 1.90. The van der Waals surface area contributed by atoms with Gasteiger partial charge in [-0.1, -0.05) is 0 Å². The highest BCUT2D eigenvalue weighted by molar-refractivity contribution is 5.84. The summed E-state index contributed by atoms with van der Waals surface area (Å²) in [5.41, 5.74) is 0.573. The number of carbonyl (C=O) groups excluding carboxylic acids is 1. The van der Waals surface area contributed by atoms with Crippen LogP contribution in [0.3, 0.4) is 0 Å². The largest absolute Gasteiger partial charge is 0.444 e. The molecule has 0 aromatic carbocycles. The molecule has 0 radical (unpaired) electrons. The van der Waals surface area contributed by atoms with Crippen LogP contribution in [0.5, 0.6) is 0 Å². The Morgan fingerprint density at radius 3 is 2.17 bits per heavy atom. The van der Waals surface area contributed by atoms with Crippen molar-refractivity contribution in [2.24, 2.45) is 0 Å². The molecule has 6 nitrogen and oxygen atoms in total. The van der Waals surface area contributed by atoms with Gasteiger partial charge in [-0.2, -0.15) is 0 Å². The monoisotopic (exact) mass is 254 g/mol. The Morgan fingerprint density at radius 2 is 1.78 bits per heavy atom. The molecule has 100 valence electrons. The Balaban J connectivity index is 2.80. The van der Waals surface area contributed by atoms with E-state index in [2.05, 4.69) is 10.3 Å². The fourth-order valence-electron chi connectivity index (χ4n) is 1.31. The Bertz CT molecular complexity index is 404. The number of rotatable bonds is 3. The first-order chi connectivity index (χ1) is 8.34. The zero-order valence-corrected chi connectivity index (χ0v) is 10.7. The van der Waals surface area contributed by atoms with Crippen LogP contribution in [0.4, 0.5) is 10.5 Å². The first-order valence-electron chi connectivity index (χ1n) is 5.55. The third kappa shape index (κ3) is 4.68. The topological polar surface area (TPSA) is 91.7 Å². The average molecular weight is 254 g/mol. The van der Waals surface area contributed by atoms with Crippen LogP contribution in [-0.2, 0) is 18.0 Å². The molecular weight excluding hydrogens is 236 g/mol. The van der Waals surface area contributed by atoms with E-state index in [1.54, 1.807) is 20.8 Å². The number of hydrogen-bond acceptors (Lipinski definition) is 5. The lowest BCUT2D eigenvalue weighted by atomic mass is 10.2. The highest BCUT2D eigenvalue weighted by atomic mass is 16.6. The number of carbonyl (C=O) groups is 1. The summed E-state index contributed by atoms with van der Waals surface area (Å²) in [7, 11) is 0. The maximum absolute atomic E-state index is 11.5. The number of amides is 1. The highest BCUT2D eigenvalue weighted by Crippen LogP contribution is 2.14. The summed E-state index contributed by atoms with van der Waals surface area (Å²) in [5, 5.41) is 20.6. The van der Waals surface area contributed by atoms with Crippen molar-refractivity contribution in [2.45, 2.75) is 39.6 Å². The van der Waals surface area contributed by atoms with Crippen molar-refractivity contribution in [1.29, 1.82) is 0 Å². The minimum Gasteiger partial charge on any atom is -0.444 e. The lowest BCUT2D eigenvalue weighted by Gasteiger charge is -2.19. The number of nitrogens with zero attached hydrogens (tertiary/aromatic N) is 1. The normalized spacial score (nSPS) is 11.2. The molecule has 0 aliphatic heterocycles. The van der Waals surface area contributed by atoms with E-state index in [1.165, 1.54) is 12.1 Å². The van der Waals surface area contributed by atoms with Crippen LogP contribution in [0.25, 0.3) is 0 Å². The minimum atomic E-state index is -0.596. The van der Waals surface area contributed by atoms with Gasteiger partial charge in [-0.15, -0.1) is 0 Å². The van der Waals surface area contributed by atoms with Crippen LogP contribution in [0.15, 0.2) is 12.1 Å². The first kappa shape index (κ1) is 14.4. The summed E-state index contributed by atoms with van der Waals surface area (Å²) in [6, 6.07) is 3.03. The van der Waals surface area contributed by atoms with Gasteiger partial charge in [0.05, 0.1) is 24.6 Å². The summed E-state index contributed by atoms with van der Waals surface area (Å²) < 4.78 is 5.09. The van der Waals surface area contributed by atoms with E-state index in [9.17, 15) is 4.79 Å². The molecule has 0 aliphatic rings. The smallest absolute Gasteiger partial charge is 0.412 e. The summed E-state index contributed by atoms with van der Waals surface area (Å²) in [5.74, 6) is 0. The Hall–Kier alpha value is -1.66. The molecule has 1 heterocycles. The standard InChI is InChI=1S/C12H18N2O4/c1-12(2,3)18-11(17)14-8-4-9(6-15)13-10(5-8)7-16/h4-5,15-16H,6-7H2,1-3H3,(H,13,14,17). The molecule has 1 rings (SSSR count). The van der Waals surface area contributed by atoms with Crippen LogP contribution >= 0.6 is 0 Å². The number of aromatic nitrogens is 1. The van der Waals surface area contributed by atoms with E-state index in [4.69, 9.17) is 14.9 Å². The maximum atomic E-state index is 11.5. The van der Waals surface area contributed by atoms with Crippen LogP contribution in [-0.4, -0.2) is 26.9 Å². The predicted molar refractivity (Wildman–Crippen MR) is 65.9 cm³/mol. The van der Waals surface area contributed by atoms with Gasteiger partial charge in [0.2, 0.25) is 0 Å². The van der Waals surface area contributed by atoms with Crippen LogP contribution in [0.2, 0.25) is 0 Å². The van der Waals surface area contributed by atoms with Gasteiger partial charge < -0.3 is 14.9 Å². The molecule has 6 heteroatoms. The number of aliphatic hydroxyl groups excluding tert-OH is 2. The molecule has 0 spiro atoms. The maximum Gasteiger partial charge on any atom is 0.412 e. The molecular formula is C12H18N2O4. The summed E-state index contributed by atoms with van der Waals surface area (Å²) >= 11 is 0. The number of anilines is 1. The van der Waals surface area contributed by atoms with E-state index in [0.29, 0.717) is 17.1 Å². The van der Waals surface area contributed by atoms with Gasteiger partial charge in [0, 0.05) is 5.69 Å². The lowest BCUT2D eigenvalue weighted by Crippen LogP contribution is -2.27. The van der Waals surface area contributed by atoms with E-state index in [-0.39, 0.29) is 13.2 Å². The van der Waals surface area contributed by atoms with Gasteiger partial charge in [0.15, 0.2) is 0 Å². The molecule has 0 saturated carbocycles. The average Bonchev–Trinajstić information content (AvgIpc) is 2.25. The van der Waals surface area contributed by atoms with E-state index < -0.39 is 11.7 Å². The highest BCUT2D eigenvalue weighted by Gasteiger charge is 2.16. The molecule has 3 N–H and O–H groups in total. The fourth-order valence-corrected chi connectivity index (χ4v) is 1.31. The number of pyridine rings is 1. The Kier molecular flexibility index (Phi) is 4.63. The molecule has 0 atom stereocenters. The van der Waals surface area contributed by atoms with E-state index in [0.717, 1.165) is 0 Å². The second-order valence-electron chi connectivity index (χ2n) is 4.78. The van der Waals surface area contributed by atoms with Gasteiger partial charge in [-0.3, -0.25) is 10.3 Å². The van der Waals surface area contributed by atoms with Gasteiger partial charge in [-0.05, 0) is 32.9 Å². The van der Waals surface area contributed by atoms with Gasteiger partial charge >= 0.3 is 6.09 Å². The van der Waals surface area contributed by atoms with Gasteiger partial charge in [0.1, 0.15) is 5.60 Å². The summed E-state index contributed by atoms with van der Waals surface area (Å²) in [6.45, 7) is 4.75. The first-order valence-corrected chi connectivity index (χ1v) is 5.55. The molecule has 0 fully saturated rings. The van der Waals surface area contributed by atoms with Crippen molar-refractivity contribution < 1.29 is 19.7 Å². The Morgan fingerprint density at radius 1 is 1.28 bits per heavy atom. The Labute approximate surface area is 106 Å². The van der Waals surface area contributed by atoms with Crippen molar-refractivity contribution in [2.75, 3.05) is 5.32 Å². The lowest BCUT2D eigenvalue weighted by molar-refractivity contribution is 0.0636. The molecule has 1 aromatic rings. The van der Waals surface area contributed by atoms with Crippen LogP contribution in [0, 0.1) is 0 Å². The summed E-state index contributed by atoms with van der Waals surface area (Å²) in [6.07, 6.45) is -0.596. The van der Waals surface area contributed by atoms with Crippen molar-refractivity contribution >= 4 is 11.8 Å². The zero-order valence-electron chi connectivity index (χ0n) is 10.7. The minimum absolute atomic E-state index is 0.267. The van der Waals surface area contributed by atoms with Gasteiger partial charge in [-0.25, -0.2) is 4.79 Å². The van der Waals surface area contributed by atoms with E-state index >= 15 is 0 Å². The van der Waals surface area contributed by atoms with E-state index in [1.807, 2.05) is 0 Å². The summed E-state index contributed by atoms with van der Waals surface area (Å²) in [4.78, 5) is 15.5. The van der Waals surface area contributed by atoms with Crippen LogP contribution in [0.1, 0.15) is 32.2 Å². The molecule has 1 amide bonds. The van der Waals surface area contributed by atoms with Gasteiger partial charge in [0.25, 0.3) is 0 Å². The molecule has 0 saturated heterocycles. The molecule has 18 heavy (non-hydrogen) atoms. The molecule has 0 unspecified atom stereocenters. The number of nitrogens with one attached hydrogen (secondary N) is 1. The fraction of sp³-hybridized carbons (Fsp3) is 0.500. The second-order valence-corrected chi connectivity index (χ2v) is 4.78. The quantitative estimate of drug-likeness (QED) is 0.758. The van der Waals surface area contributed by atoms with Crippen molar-refractivity contribution in [3.8, 4) is 0 Å². The molecule has 1 aromatic heterocycles. The SMILES string of the molecule is CC(C)(C)OC(=O)Nc1cc(CO)nc(CO)c1. The third-order valence-electron chi connectivity index (χ3n) is 1.90. The molecule has 0 bridgehead atoms. The van der Waals surface area contributed by atoms with Crippen molar-refractivity contribution in [3.05, 3.63) is 23.5 Å². The van der Waals surface area contributed by atoms with Crippen molar-refractivity contribution in [1.82, 2.24) is 4.98 Å². The number of aliphatic hydroxyl groups is 2. The zero-order chi connectivity index (χ0) is 13.8. The number of ether oxygens (including phenoxy) is 1.